The Labute approximate surface area is 132 Å². The van der Waals surface area contributed by atoms with E-state index in [0.717, 1.165) is 18.3 Å². The Kier molecular flexibility index (Phi) is 4.55. The number of aromatic nitrogens is 1. The summed E-state index contributed by atoms with van der Waals surface area (Å²) in [6.45, 7) is 6.14. The molecule has 0 spiro atoms. The molecule has 1 aliphatic heterocycles. The number of carbonyl (C=O) groups excluding carboxylic acids is 1. The van der Waals surface area contributed by atoms with Gasteiger partial charge in [-0.25, -0.2) is 9.78 Å². The number of ether oxygens (including phenoxy) is 1. The smallest absolute Gasteiger partial charge is 0.416 e. The van der Waals surface area contributed by atoms with E-state index in [9.17, 15) is 18.0 Å². The monoisotopic (exact) mass is 326 g/mol. The van der Waals surface area contributed by atoms with Gasteiger partial charge in [0.05, 0.1) is 11.5 Å². The van der Waals surface area contributed by atoms with Crippen LogP contribution in [0, 0.1) is 17.8 Å². The number of carbonyl (C=O) groups is 1. The van der Waals surface area contributed by atoms with Crippen molar-refractivity contribution in [2.24, 2.45) is 5.92 Å². The molecule has 1 saturated heterocycles. The molecule has 0 atom stereocenters. The van der Waals surface area contributed by atoms with E-state index in [0.29, 0.717) is 13.1 Å². The van der Waals surface area contributed by atoms with Crippen LogP contribution < -0.4 is 0 Å². The molecule has 0 aliphatic carbocycles. The van der Waals surface area contributed by atoms with E-state index in [1.165, 1.54) is 4.90 Å². The van der Waals surface area contributed by atoms with Crippen LogP contribution in [0.1, 0.15) is 32.0 Å². The molecule has 124 valence electrons. The van der Waals surface area contributed by atoms with Crippen LogP contribution in [0.5, 0.6) is 0 Å². The van der Waals surface area contributed by atoms with Crippen LogP contribution in [0.3, 0.4) is 0 Å². The Hall–Kier alpha value is -2.23. The predicted molar refractivity (Wildman–Crippen MR) is 77.4 cm³/mol. The Morgan fingerprint density at radius 1 is 1.35 bits per heavy atom. The summed E-state index contributed by atoms with van der Waals surface area (Å²) in [6.07, 6.45) is -3.74. The Morgan fingerprint density at radius 2 is 2.00 bits per heavy atom. The molecule has 1 fully saturated rings. The van der Waals surface area contributed by atoms with E-state index in [1.54, 1.807) is 20.8 Å². The topological polar surface area (TPSA) is 42.4 Å². The van der Waals surface area contributed by atoms with E-state index in [1.807, 2.05) is 0 Å². The number of halogens is 3. The highest BCUT2D eigenvalue weighted by molar-refractivity contribution is 5.69. The van der Waals surface area contributed by atoms with Gasteiger partial charge in [-0.05, 0) is 38.8 Å². The first-order chi connectivity index (χ1) is 10.5. The van der Waals surface area contributed by atoms with Gasteiger partial charge in [-0.2, -0.15) is 13.2 Å². The van der Waals surface area contributed by atoms with Gasteiger partial charge in [-0.1, -0.05) is 5.92 Å². The highest BCUT2D eigenvalue weighted by Crippen LogP contribution is 2.28. The second kappa shape index (κ2) is 6.11. The molecule has 23 heavy (non-hydrogen) atoms. The second-order valence-corrected chi connectivity index (χ2v) is 6.28. The molecular weight excluding hydrogens is 309 g/mol. The van der Waals surface area contributed by atoms with Crippen molar-refractivity contribution < 1.29 is 22.7 Å². The molecule has 0 bridgehead atoms. The fourth-order valence-corrected chi connectivity index (χ4v) is 1.90. The molecule has 1 aromatic rings. The molecule has 4 nitrogen and oxygen atoms in total. The zero-order valence-corrected chi connectivity index (χ0v) is 13.1. The maximum absolute atomic E-state index is 12.6. The molecule has 1 aromatic heterocycles. The van der Waals surface area contributed by atoms with E-state index >= 15 is 0 Å². The largest absolute Gasteiger partial charge is 0.444 e. The van der Waals surface area contributed by atoms with Crippen LogP contribution in [0.25, 0.3) is 0 Å². The molecule has 1 amide bonds. The van der Waals surface area contributed by atoms with Crippen LogP contribution >= 0.6 is 0 Å². The van der Waals surface area contributed by atoms with Gasteiger partial charge in [0.2, 0.25) is 0 Å². The fourth-order valence-electron chi connectivity index (χ4n) is 1.90. The van der Waals surface area contributed by atoms with Crippen molar-refractivity contribution in [1.29, 1.82) is 0 Å². The van der Waals surface area contributed by atoms with E-state index in [2.05, 4.69) is 16.8 Å². The normalized spacial score (nSPS) is 15.5. The summed E-state index contributed by atoms with van der Waals surface area (Å²) in [5.74, 6) is 5.37. The number of pyridine rings is 1. The minimum absolute atomic E-state index is 0.0653. The number of rotatable bonds is 0. The Bertz CT molecular complexity index is 648. The summed E-state index contributed by atoms with van der Waals surface area (Å²) in [5, 5.41) is 0. The lowest BCUT2D eigenvalue weighted by Gasteiger charge is -2.37. The number of nitrogens with zero attached hydrogens (tertiary/aromatic N) is 2. The van der Waals surface area contributed by atoms with E-state index < -0.39 is 23.4 Å². The van der Waals surface area contributed by atoms with E-state index in [4.69, 9.17) is 4.74 Å². The lowest BCUT2D eigenvalue weighted by Crippen LogP contribution is -2.51. The van der Waals surface area contributed by atoms with Crippen molar-refractivity contribution in [3.8, 4) is 11.8 Å². The Morgan fingerprint density at radius 3 is 2.57 bits per heavy atom. The van der Waals surface area contributed by atoms with Crippen LogP contribution in [0.2, 0.25) is 0 Å². The molecule has 1 aliphatic rings. The third kappa shape index (κ3) is 4.88. The van der Waals surface area contributed by atoms with Crippen molar-refractivity contribution in [1.82, 2.24) is 9.88 Å². The summed E-state index contributed by atoms with van der Waals surface area (Å²) in [5.41, 5.74) is -1.27. The van der Waals surface area contributed by atoms with E-state index in [-0.39, 0.29) is 11.6 Å². The zero-order valence-electron chi connectivity index (χ0n) is 13.1. The molecular formula is C16H17F3N2O2. The fraction of sp³-hybridized carbons (Fsp3) is 0.500. The molecule has 0 N–H and O–H groups in total. The Balaban J connectivity index is 1.92. The third-order valence-corrected chi connectivity index (χ3v) is 3.02. The number of hydrogen-bond acceptors (Lipinski definition) is 3. The van der Waals surface area contributed by atoms with Crippen molar-refractivity contribution >= 4 is 6.09 Å². The van der Waals surface area contributed by atoms with Crippen LogP contribution in [0.15, 0.2) is 18.3 Å². The van der Waals surface area contributed by atoms with Gasteiger partial charge in [0.25, 0.3) is 0 Å². The minimum atomic E-state index is -4.41. The van der Waals surface area contributed by atoms with Crippen molar-refractivity contribution in [2.75, 3.05) is 13.1 Å². The summed E-state index contributed by atoms with van der Waals surface area (Å²) in [7, 11) is 0. The maximum Gasteiger partial charge on any atom is 0.416 e. The van der Waals surface area contributed by atoms with Crippen molar-refractivity contribution in [3.63, 3.8) is 0 Å². The number of alkyl halides is 3. The summed E-state index contributed by atoms with van der Waals surface area (Å²) < 4.78 is 43.0. The number of amides is 1. The molecule has 0 radical (unpaired) electrons. The highest BCUT2D eigenvalue weighted by atomic mass is 19.4. The van der Waals surface area contributed by atoms with Crippen LogP contribution in [-0.2, 0) is 10.9 Å². The van der Waals surface area contributed by atoms with Gasteiger partial charge >= 0.3 is 12.3 Å². The molecule has 0 unspecified atom stereocenters. The molecule has 0 aromatic carbocycles. The van der Waals surface area contributed by atoms with Gasteiger partial charge < -0.3 is 9.64 Å². The molecule has 2 heterocycles. The quantitative estimate of drug-likeness (QED) is 0.687. The van der Waals surface area contributed by atoms with Gasteiger partial charge in [0, 0.05) is 19.3 Å². The maximum atomic E-state index is 12.6. The number of hydrogen-bond donors (Lipinski definition) is 0. The summed E-state index contributed by atoms with van der Waals surface area (Å²) >= 11 is 0. The first-order valence-electron chi connectivity index (χ1n) is 7.07. The minimum Gasteiger partial charge on any atom is -0.444 e. The van der Waals surface area contributed by atoms with Crippen LogP contribution in [0.4, 0.5) is 18.0 Å². The van der Waals surface area contributed by atoms with Crippen LogP contribution in [-0.4, -0.2) is 34.7 Å². The highest BCUT2D eigenvalue weighted by Gasteiger charge is 2.33. The molecule has 7 heteroatoms. The summed E-state index contributed by atoms with van der Waals surface area (Å²) in [6, 6.07) is 1.82. The van der Waals surface area contributed by atoms with Gasteiger partial charge in [0.15, 0.2) is 0 Å². The number of likely N-dealkylation sites (tertiary alicyclic amines) is 1. The zero-order chi connectivity index (χ0) is 17.3. The standard InChI is InChI=1S/C16H17F3N2O2/c1-15(2,3)23-14(22)21-9-11(10-21)4-5-13-8-12(6-7-20-13)16(17,18)19/h6-8,11H,9-10H2,1-3H3. The first kappa shape index (κ1) is 17.1. The third-order valence-electron chi connectivity index (χ3n) is 3.02. The van der Waals surface area contributed by atoms with Gasteiger partial charge in [-0.3, -0.25) is 0 Å². The lowest BCUT2D eigenvalue weighted by atomic mass is 10.0. The van der Waals surface area contributed by atoms with Gasteiger partial charge in [-0.15, -0.1) is 0 Å². The SMILES string of the molecule is CC(C)(C)OC(=O)N1CC(C#Cc2cc(C(F)(F)F)ccn2)C1. The lowest BCUT2D eigenvalue weighted by molar-refractivity contribution is -0.137. The van der Waals surface area contributed by atoms with Crippen molar-refractivity contribution in [2.45, 2.75) is 32.5 Å². The predicted octanol–water partition coefficient (Wildman–Crippen LogP) is 3.32. The molecule has 2 rings (SSSR count). The second-order valence-electron chi connectivity index (χ2n) is 6.28. The van der Waals surface area contributed by atoms with Crippen molar-refractivity contribution in [3.05, 3.63) is 29.6 Å². The first-order valence-corrected chi connectivity index (χ1v) is 7.07. The van der Waals surface area contributed by atoms with Gasteiger partial charge in [0.1, 0.15) is 11.3 Å². The molecule has 0 saturated carbocycles. The summed E-state index contributed by atoms with van der Waals surface area (Å²) in [4.78, 5) is 17.0. The average Bonchev–Trinajstić information content (AvgIpc) is 2.34. The average molecular weight is 326 g/mol.